The second-order valence-electron chi connectivity index (χ2n) is 24.1. The molecule has 2 aliphatic heterocycles. The number of nitrogens with zero attached hydrogens (tertiary/aromatic N) is 3. The minimum atomic E-state index is -0.0374. The minimum absolute atomic E-state index is 0.00946. The van der Waals surface area contributed by atoms with Crippen LogP contribution in [0.25, 0.3) is 0 Å². The van der Waals surface area contributed by atoms with Gasteiger partial charge in [0.05, 0.1) is 22.7 Å². The average Bonchev–Trinajstić information content (AvgIpc) is 3.29. The molecule has 0 fully saturated rings. The number of fused-ring (bicyclic) bond motifs is 4. The van der Waals surface area contributed by atoms with Gasteiger partial charge in [-0.05, 0) is 179 Å². The van der Waals surface area contributed by atoms with E-state index in [-0.39, 0.29) is 23.0 Å². The SMILES string of the molecule is CCCCCCc1cc(C)c(N(c2ccc(C(C)(C)C)cc2)c2cc3c4c(c2)N(c2c(C)cccc2C)c2ccc(C(C)(C)C)cc2B4c2cc(C(C)(C)C)ccc2N3c2c(C)cccc2C)c(C)c1. The Hall–Kier alpha value is -6.00. The highest BCUT2D eigenvalue weighted by Gasteiger charge is 2.45. The molecule has 7 aromatic carbocycles. The predicted molar refractivity (Wildman–Crippen MR) is 308 cm³/mol. The van der Waals surface area contributed by atoms with Gasteiger partial charge in [-0.15, -0.1) is 0 Å². The summed E-state index contributed by atoms with van der Waals surface area (Å²) in [5.74, 6) is 0. The molecule has 0 aliphatic carbocycles. The number of anilines is 9. The monoisotopic (exact) mass is 924 g/mol. The van der Waals surface area contributed by atoms with Gasteiger partial charge in [0.25, 0.3) is 6.71 Å². The Bertz CT molecular complexity index is 2910. The third kappa shape index (κ3) is 8.79. The van der Waals surface area contributed by atoms with E-state index in [2.05, 4.69) is 247 Å². The van der Waals surface area contributed by atoms with Gasteiger partial charge in [-0.3, -0.25) is 0 Å². The lowest BCUT2D eigenvalue weighted by Gasteiger charge is -2.46. The van der Waals surface area contributed by atoms with Crippen LogP contribution in [0.2, 0.25) is 0 Å². The van der Waals surface area contributed by atoms with Crippen molar-refractivity contribution in [2.75, 3.05) is 14.7 Å². The predicted octanol–water partition coefficient (Wildman–Crippen LogP) is 17.1. The van der Waals surface area contributed by atoms with Gasteiger partial charge in [0.2, 0.25) is 0 Å². The molecule has 0 unspecified atom stereocenters. The zero-order chi connectivity index (χ0) is 50.2. The summed E-state index contributed by atoms with van der Waals surface area (Å²) in [6.07, 6.45) is 6.14. The van der Waals surface area contributed by atoms with Crippen molar-refractivity contribution in [1.82, 2.24) is 0 Å². The average molecular weight is 924 g/mol. The number of hydrogen-bond acceptors (Lipinski definition) is 3. The fraction of sp³-hybridized carbons (Fsp3) is 0.364. The number of unbranched alkanes of at least 4 members (excludes halogenated alkanes) is 3. The fourth-order valence-electron chi connectivity index (χ4n) is 11.7. The molecular weight excluding hydrogens is 846 g/mol. The highest BCUT2D eigenvalue weighted by Crippen LogP contribution is 2.51. The van der Waals surface area contributed by atoms with Crippen LogP contribution in [0, 0.1) is 41.5 Å². The molecule has 7 aromatic rings. The lowest BCUT2D eigenvalue weighted by atomic mass is 9.33. The largest absolute Gasteiger partial charge is 0.311 e. The van der Waals surface area contributed by atoms with E-state index in [9.17, 15) is 0 Å². The summed E-state index contributed by atoms with van der Waals surface area (Å²) in [5.41, 5.74) is 28.1. The summed E-state index contributed by atoms with van der Waals surface area (Å²) in [7, 11) is 0. The van der Waals surface area contributed by atoms with Crippen LogP contribution in [0.5, 0.6) is 0 Å². The van der Waals surface area contributed by atoms with Crippen molar-refractivity contribution in [3.8, 4) is 0 Å². The van der Waals surface area contributed by atoms with Crippen LogP contribution < -0.4 is 31.1 Å². The summed E-state index contributed by atoms with van der Waals surface area (Å²) in [5, 5.41) is 0. The molecule has 3 nitrogen and oxygen atoms in total. The number of benzene rings is 7. The zero-order valence-corrected chi connectivity index (χ0v) is 45.5. The number of rotatable bonds is 10. The molecule has 0 atom stereocenters. The zero-order valence-electron chi connectivity index (χ0n) is 45.5. The summed E-state index contributed by atoms with van der Waals surface area (Å²) in [4.78, 5) is 7.88. The van der Waals surface area contributed by atoms with Gasteiger partial charge >= 0.3 is 0 Å². The minimum Gasteiger partial charge on any atom is -0.311 e. The Balaban J connectivity index is 1.44. The van der Waals surface area contributed by atoms with E-state index in [1.807, 2.05) is 0 Å². The van der Waals surface area contributed by atoms with Crippen LogP contribution in [0.15, 0.2) is 121 Å². The van der Waals surface area contributed by atoms with Gasteiger partial charge in [0.15, 0.2) is 0 Å². The molecule has 0 aromatic heterocycles. The molecular formula is C66H78BN3. The van der Waals surface area contributed by atoms with Crippen LogP contribution in [0.3, 0.4) is 0 Å². The maximum atomic E-state index is 2.65. The van der Waals surface area contributed by atoms with Crippen LogP contribution >= 0.6 is 0 Å². The molecule has 0 saturated carbocycles. The van der Waals surface area contributed by atoms with Crippen molar-refractivity contribution in [3.63, 3.8) is 0 Å². The normalized spacial score (nSPS) is 13.3. The quantitative estimate of drug-likeness (QED) is 0.1000. The number of para-hydroxylation sites is 2. The van der Waals surface area contributed by atoms with Crippen molar-refractivity contribution < 1.29 is 0 Å². The molecule has 70 heavy (non-hydrogen) atoms. The van der Waals surface area contributed by atoms with Crippen molar-refractivity contribution in [2.45, 2.75) is 159 Å². The fourth-order valence-corrected chi connectivity index (χ4v) is 11.7. The molecule has 0 radical (unpaired) electrons. The van der Waals surface area contributed by atoms with Crippen LogP contribution in [-0.2, 0) is 22.7 Å². The Morgan fingerprint density at radius 1 is 0.429 bits per heavy atom. The maximum absolute atomic E-state index is 2.65. The van der Waals surface area contributed by atoms with Gasteiger partial charge in [0, 0.05) is 28.4 Å². The van der Waals surface area contributed by atoms with Crippen molar-refractivity contribution in [3.05, 3.63) is 177 Å². The Labute approximate surface area is 423 Å². The van der Waals surface area contributed by atoms with E-state index in [0.717, 1.165) is 17.8 Å². The Kier molecular flexibility index (Phi) is 12.8. The van der Waals surface area contributed by atoms with Crippen LogP contribution in [0.1, 0.15) is 151 Å². The van der Waals surface area contributed by atoms with Gasteiger partial charge in [-0.1, -0.05) is 173 Å². The van der Waals surface area contributed by atoms with Crippen molar-refractivity contribution >= 4 is 74.3 Å². The molecule has 0 spiro atoms. The molecule has 9 rings (SSSR count). The highest BCUT2D eigenvalue weighted by atomic mass is 15.2. The lowest BCUT2D eigenvalue weighted by Crippen LogP contribution is -2.62. The second-order valence-corrected chi connectivity index (χ2v) is 24.1. The smallest absolute Gasteiger partial charge is 0.252 e. The first-order chi connectivity index (χ1) is 33.1. The van der Waals surface area contributed by atoms with E-state index in [4.69, 9.17) is 0 Å². The number of hydrogen-bond donors (Lipinski definition) is 0. The lowest BCUT2D eigenvalue weighted by molar-refractivity contribution is 0.590. The maximum Gasteiger partial charge on any atom is 0.252 e. The Morgan fingerprint density at radius 3 is 1.27 bits per heavy atom. The third-order valence-corrected chi connectivity index (χ3v) is 15.5. The van der Waals surface area contributed by atoms with E-state index < -0.39 is 0 Å². The van der Waals surface area contributed by atoms with E-state index in [0.29, 0.717) is 0 Å². The standard InChI is InChI=1S/C66H78BN3/c1-17-18-19-20-27-48-36-46(6)63(47(7)37-48)68(52-32-28-49(29-33-52)64(8,9)10)53-40-58-60-59(41-53)70(62-44(4)25-22-26-45(62)5)57-35-31-51(66(14,15)16)39-55(57)67(60)54-38-50(65(11,12)13)30-34-56(54)69(58)61-42(2)23-21-24-43(61)3/h21-26,28-41H,17-20,27H2,1-16H3. The van der Waals surface area contributed by atoms with E-state index in [1.165, 1.54) is 138 Å². The molecule has 2 heterocycles. The van der Waals surface area contributed by atoms with Gasteiger partial charge < -0.3 is 14.7 Å². The first-order valence-electron chi connectivity index (χ1n) is 26.3. The van der Waals surface area contributed by atoms with Gasteiger partial charge in [-0.25, -0.2) is 0 Å². The van der Waals surface area contributed by atoms with E-state index in [1.54, 1.807) is 0 Å². The van der Waals surface area contributed by atoms with E-state index >= 15 is 0 Å². The second kappa shape index (κ2) is 18.3. The summed E-state index contributed by atoms with van der Waals surface area (Å²) < 4.78 is 0. The topological polar surface area (TPSA) is 9.72 Å². The first-order valence-corrected chi connectivity index (χ1v) is 26.3. The summed E-state index contributed by atoms with van der Waals surface area (Å²) in [6.45, 7) is 37.2. The highest BCUT2D eigenvalue weighted by molar-refractivity contribution is 7.00. The number of aryl methyl sites for hydroxylation is 7. The molecule has 0 saturated heterocycles. The summed E-state index contributed by atoms with van der Waals surface area (Å²) in [6, 6.07) is 47.9. The first kappa shape index (κ1) is 49.0. The summed E-state index contributed by atoms with van der Waals surface area (Å²) >= 11 is 0. The van der Waals surface area contributed by atoms with Crippen molar-refractivity contribution in [1.29, 1.82) is 0 Å². The Morgan fingerprint density at radius 2 is 0.857 bits per heavy atom. The molecule has 4 heteroatoms. The molecule has 360 valence electrons. The van der Waals surface area contributed by atoms with Crippen LogP contribution in [0.4, 0.5) is 51.2 Å². The van der Waals surface area contributed by atoms with Gasteiger partial charge in [0.1, 0.15) is 0 Å². The molecule has 0 amide bonds. The van der Waals surface area contributed by atoms with Crippen LogP contribution in [-0.4, -0.2) is 6.71 Å². The van der Waals surface area contributed by atoms with Gasteiger partial charge in [-0.2, -0.15) is 0 Å². The molecule has 2 aliphatic rings. The molecule has 0 bridgehead atoms. The van der Waals surface area contributed by atoms with Crippen molar-refractivity contribution in [2.24, 2.45) is 0 Å². The third-order valence-electron chi connectivity index (χ3n) is 15.5. The molecule has 0 N–H and O–H groups in total.